The molecule has 0 aromatic rings. The summed E-state index contributed by atoms with van der Waals surface area (Å²) < 4.78 is 9.66. The van der Waals surface area contributed by atoms with E-state index in [0.29, 0.717) is 19.6 Å². The van der Waals surface area contributed by atoms with Crippen molar-refractivity contribution in [3.8, 4) is 0 Å². The molecule has 0 aliphatic rings. The normalized spacial score (nSPS) is 18.7. The molecule has 0 rings (SSSR count). The molecule has 74 valence electrons. The van der Waals surface area contributed by atoms with Gasteiger partial charge in [0.15, 0.2) is 0 Å². The van der Waals surface area contributed by atoms with Gasteiger partial charge in [-0.15, -0.1) is 0 Å². The molecule has 0 radical (unpaired) electrons. The standard InChI is InChI=1S/C5H15N2O3PS/c1-2-9-11(8,12)10-5(7)3-4-6/h5H,2-4,6-7H2,1H3,(H,8,12). The Bertz CT molecular complexity index is 169. The van der Waals surface area contributed by atoms with E-state index in [4.69, 9.17) is 20.5 Å². The summed E-state index contributed by atoms with van der Waals surface area (Å²) in [6.45, 7) is -0.708. The maximum atomic E-state index is 9.27. The van der Waals surface area contributed by atoms with Crippen molar-refractivity contribution >= 4 is 18.5 Å². The van der Waals surface area contributed by atoms with Crippen LogP contribution in [0.4, 0.5) is 0 Å². The molecule has 0 amide bonds. The van der Waals surface area contributed by atoms with Gasteiger partial charge in [0, 0.05) is 0 Å². The smallest absolute Gasteiger partial charge is 0.326 e. The second-order valence-corrected chi connectivity index (χ2v) is 4.90. The van der Waals surface area contributed by atoms with Crippen molar-refractivity contribution in [1.82, 2.24) is 0 Å². The summed E-state index contributed by atoms with van der Waals surface area (Å²) >= 11 is 4.63. The van der Waals surface area contributed by atoms with Crippen LogP contribution >= 0.6 is 6.72 Å². The van der Waals surface area contributed by atoms with Crippen LogP contribution in [0.3, 0.4) is 0 Å². The largest absolute Gasteiger partial charge is 0.330 e. The Morgan fingerprint density at radius 3 is 2.67 bits per heavy atom. The Labute approximate surface area is 77.3 Å². The Hall–Kier alpha value is 0.450. The number of nitrogens with two attached hydrogens (primary N) is 2. The van der Waals surface area contributed by atoms with Gasteiger partial charge in [0.2, 0.25) is 0 Å². The van der Waals surface area contributed by atoms with Gasteiger partial charge in [-0.25, -0.2) is 0 Å². The molecule has 12 heavy (non-hydrogen) atoms. The molecule has 0 aliphatic heterocycles. The Kier molecular flexibility index (Phi) is 6.21. The third-order valence-electron chi connectivity index (χ3n) is 1.01. The summed E-state index contributed by atoms with van der Waals surface area (Å²) in [6, 6.07) is 0. The molecule has 0 heterocycles. The summed E-state index contributed by atoms with van der Waals surface area (Å²) in [7, 11) is 0. The van der Waals surface area contributed by atoms with E-state index in [-0.39, 0.29) is 0 Å². The Morgan fingerprint density at radius 2 is 2.25 bits per heavy atom. The van der Waals surface area contributed by atoms with Crippen molar-refractivity contribution in [1.29, 1.82) is 0 Å². The number of hydrogen-bond donors (Lipinski definition) is 3. The first-order valence-corrected chi connectivity index (χ1v) is 6.22. The second kappa shape index (κ2) is 5.99. The first kappa shape index (κ1) is 12.4. The van der Waals surface area contributed by atoms with Crippen LogP contribution in [0.15, 0.2) is 0 Å². The van der Waals surface area contributed by atoms with E-state index in [1.807, 2.05) is 0 Å². The molecule has 2 atom stereocenters. The van der Waals surface area contributed by atoms with Crippen LogP contribution in [-0.4, -0.2) is 24.3 Å². The van der Waals surface area contributed by atoms with Crippen molar-refractivity contribution in [3.63, 3.8) is 0 Å². The predicted octanol–water partition coefficient (Wildman–Crippen LogP) is -0.110. The van der Waals surface area contributed by atoms with Gasteiger partial charge in [-0.2, -0.15) is 0 Å². The Balaban J connectivity index is 3.79. The maximum Gasteiger partial charge on any atom is 0.326 e. The molecule has 0 aliphatic carbocycles. The zero-order valence-electron chi connectivity index (χ0n) is 6.97. The average molecular weight is 214 g/mol. The van der Waals surface area contributed by atoms with Crippen LogP contribution in [0.5, 0.6) is 0 Å². The summed E-state index contributed by atoms with van der Waals surface area (Å²) in [5.41, 5.74) is 10.6. The van der Waals surface area contributed by atoms with Gasteiger partial charge in [0.25, 0.3) is 0 Å². The average Bonchev–Trinajstić information content (AvgIpc) is 1.85. The van der Waals surface area contributed by atoms with Crippen LogP contribution in [0.1, 0.15) is 13.3 Å². The van der Waals surface area contributed by atoms with Gasteiger partial charge in [0.05, 0.1) is 6.61 Å². The van der Waals surface area contributed by atoms with E-state index < -0.39 is 12.9 Å². The lowest BCUT2D eigenvalue weighted by atomic mass is 10.4. The van der Waals surface area contributed by atoms with E-state index in [2.05, 4.69) is 11.8 Å². The lowest BCUT2D eigenvalue weighted by Crippen LogP contribution is -2.26. The van der Waals surface area contributed by atoms with Crippen LogP contribution in [0.2, 0.25) is 0 Å². The highest BCUT2D eigenvalue weighted by molar-refractivity contribution is 8.07. The first-order valence-electron chi connectivity index (χ1n) is 3.63. The summed E-state index contributed by atoms with van der Waals surface area (Å²) in [5.74, 6) is 0. The molecule has 0 saturated heterocycles. The van der Waals surface area contributed by atoms with Crippen molar-refractivity contribution in [2.45, 2.75) is 19.6 Å². The molecule has 0 aromatic heterocycles. The highest BCUT2D eigenvalue weighted by Crippen LogP contribution is 2.44. The van der Waals surface area contributed by atoms with Gasteiger partial charge in [0.1, 0.15) is 6.23 Å². The van der Waals surface area contributed by atoms with Crippen LogP contribution in [0.25, 0.3) is 0 Å². The van der Waals surface area contributed by atoms with E-state index in [1.54, 1.807) is 6.92 Å². The molecule has 0 aromatic carbocycles. The predicted molar refractivity (Wildman–Crippen MR) is 50.9 cm³/mol. The zero-order chi connectivity index (χ0) is 9.61. The quantitative estimate of drug-likeness (QED) is 0.422. The minimum Gasteiger partial charge on any atom is -0.330 e. The van der Waals surface area contributed by atoms with E-state index in [9.17, 15) is 4.89 Å². The molecule has 5 nitrogen and oxygen atoms in total. The van der Waals surface area contributed by atoms with Gasteiger partial charge in [-0.3, -0.25) is 4.52 Å². The van der Waals surface area contributed by atoms with Gasteiger partial charge in [-0.05, 0) is 31.7 Å². The van der Waals surface area contributed by atoms with E-state index >= 15 is 0 Å². The molecular weight excluding hydrogens is 199 g/mol. The third kappa shape index (κ3) is 6.02. The van der Waals surface area contributed by atoms with Crippen LogP contribution in [-0.2, 0) is 20.9 Å². The first-order chi connectivity index (χ1) is 5.52. The number of hydrogen-bond acceptors (Lipinski definition) is 5. The van der Waals surface area contributed by atoms with E-state index in [1.165, 1.54) is 0 Å². The van der Waals surface area contributed by atoms with Crippen molar-refractivity contribution in [2.24, 2.45) is 11.5 Å². The van der Waals surface area contributed by atoms with Gasteiger partial charge < -0.3 is 20.9 Å². The van der Waals surface area contributed by atoms with Crippen molar-refractivity contribution in [3.05, 3.63) is 0 Å². The SMILES string of the molecule is CCOP(O)(=S)OC(N)CCN. The van der Waals surface area contributed by atoms with Crippen LogP contribution in [0, 0.1) is 0 Å². The monoisotopic (exact) mass is 214 g/mol. The lowest BCUT2D eigenvalue weighted by Gasteiger charge is -2.18. The minimum atomic E-state index is -3.13. The Morgan fingerprint density at radius 1 is 1.67 bits per heavy atom. The minimum absolute atomic E-state index is 0.309. The van der Waals surface area contributed by atoms with Crippen molar-refractivity contribution in [2.75, 3.05) is 13.2 Å². The highest BCUT2D eigenvalue weighted by Gasteiger charge is 2.17. The molecule has 0 saturated carbocycles. The zero-order valence-corrected chi connectivity index (χ0v) is 8.68. The van der Waals surface area contributed by atoms with Gasteiger partial charge in [-0.1, -0.05) is 0 Å². The molecule has 2 unspecified atom stereocenters. The van der Waals surface area contributed by atoms with Crippen LogP contribution < -0.4 is 11.5 Å². The summed E-state index contributed by atoms with van der Waals surface area (Å²) in [6.07, 6.45) is -0.191. The second-order valence-electron chi connectivity index (χ2n) is 2.11. The fraction of sp³-hybridized carbons (Fsp3) is 1.00. The summed E-state index contributed by atoms with van der Waals surface area (Å²) in [5, 5.41) is 0. The molecule has 0 spiro atoms. The van der Waals surface area contributed by atoms with E-state index in [0.717, 1.165) is 0 Å². The van der Waals surface area contributed by atoms with Gasteiger partial charge >= 0.3 is 6.72 Å². The molecule has 7 heteroatoms. The fourth-order valence-corrected chi connectivity index (χ4v) is 2.06. The summed E-state index contributed by atoms with van der Waals surface area (Å²) in [4.78, 5) is 9.27. The van der Waals surface area contributed by atoms with Crippen molar-refractivity contribution < 1.29 is 13.9 Å². The third-order valence-corrected chi connectivity index (χ3v) is 2.71. The molecule has 0 bridgehead atoms. The highest BCUT2D eigenvalue weighted by atomic mass is 32.5. The fourth-order valence-electron chi connectivity index (χ4n) is 0.582. The lowest BCUT2D eigenvalue weighted by molar-refractivity contribution is 0.143. The number of rotatable bonds is 6. The topological polar surface area (TPSA) is 90.7 Å². The maximum absolute atomic E-state index is 9.27. The molecule has 5 N–H and O–H groups in total. The molecular formula is C5H15N2O3PS. The molecule has 0 fully saturated rings.